The van der Waals surface area contributed by atoms with Gasteiger partial charge in [0.1, 0.15) is 6.07 Å². The zero-order chi connectivity index (χ0) is 34.6. The van der Waals surface area contributed by atoms with Gasteiger partial charge in [0.25, 0.3) is 0 Å². The van der Waals surface area contributed by atoms with Crippen molar-refractivity contribution in [1.82, 2.24) is 15.0 Å². The van der Waals surface area contributed by atoms with E-state index in [2.05, 4.69) is 103 Å². The van der Waals surface area contributed by atoms with Crippen molar-refractivity contribution in [1.29, 1.82) is 5.26 Å². The second-order valence-corrected chi connectivity index (χ2v) is 14.1. The van der Waals surface area contributed by atoms with Crippen molar-refractivity contribution < 1.29 is 0 Å². The van der Waals surface area contributed by atoms with E-state index >= 15 is 0 Å². The summed E-state index contributed by atoms with van der Waals surface area (Å²) >= 11 is 1.70. The Labute approximate surface area is 306 Å². The Morgan fingerprint density at radius 2 is 0.923 bits per heavy atom. The molecule has 1 spiro atoms. The highest BCUT2D eigenvalue weighted by atomic mass is 32.2. The first-order valence-electron chi connectivity index (χ1n) is 17.3. The first-order chi connectivity index (χ1) is 25.7. The molecule has 8 aromatic rings. The SMILES string of the molecule is N#Cc1cccc2c1Sc1ccccc1C21c2ccccc2-c2c(-c3ccc(-c4nc(-c5ccccc5)nc(-c5ccccc5)n4)cc3)cccc21. The van der Waals surface area contributed by atoms with Crippen LogP contribution in [0.4, 0.5) is 0 Å². The van der Waals surface area contributed by atoms with E-state index in [0.717, 1.165) is 38.3 Å². The number of hydrogen-bond donors (Lipinski definition) is 0. The predicted octanol–water partition coefficient (Wildman–Crippen LogP) is 11.2. The number of nitriles is 1. The highest BCUT2D eigenvalue weighted by Gasteiger charge is 2.51. The van der Waals surface area contributed by atoms with Crippen molar-refractivity contribution in [3.63, 3.8) is 0 Å². The highest BCUT2D eigenvalue weighted by molar-refractivity contribution is 7.99. The minimum atomic E-state index is -0.557. The van der Waals surface area contributed by atoms with Crippen LogP contribution in [0.1, 0.15) is 27.8 Å². The molecule has 1 atom stereocenters. The summed E-state index contributed by atoms with van der Waals surface area (Å²) in [5, 5.41) is 10.2. The molecule has 0 amide bonds. The lowest BCUT2D eigenvalue weighted by Crippen LogP contribution is -2.32. The lowest BCUT2D eigenvalue weighted by Gasteiger charge is -2.40. The number of aromatic nitrogens is 3. The number of benzene rings is 7. The van der Waals surface area contributed by atoms with Gasteiger partial charge in [0, 0.05) is 26.5 Å². The third-order valence-corrected chi connectivity index (χ3v) is 11.5. The molecule has 1 aliphatic heterocycles. The molecule has 5 heteroatoms. The lowest BCUT2D eigenvalue weighted by molar-refractivity contribution is 0.721. The lowest BCUT2D eigenvalue weighted by atomic mass is 9.67. The van der Waals surface area contributed by atoms with E-state index in [-0.39, 0.29) is 0 Å². The van der Waals surface area contributed by atoms with Crippen LogP contribution in [0.3, 0.4) is 0 Å². The largest absolute Gasteiger partial charge is 0.208 e. The van der Waals surface area contributed by atoms with Crippen molar-refractivity contribution in [2.24, 2.45) is 0 Å². The van der Waals surface area contributed by atoms with Crippen LogP contribution < -0.4 is 0 Å². The Hall–Kier alpha value is -6.61. The summed E-state index contributed by atoms with van der Waals surface area (Å²) < 4.78 is 0. The van der Waals surface area contributed by atoms with Gasteiger partial charge in [0.05, 0.1) is 11.0 Å². The molecule has 10 rings (SSSR count). The summed E-state index contributed by atoms with van der Waals surface area (Å²) in [4.78, 5) is 17.0. The molecule has 0 saturated heterocycles. The zero-order valence-corrected chi connectivity index (χ0v) is 28.7. The van der Waals surface area contributed by atoms with Gasteiger partial charge in [0.2, 0.25) is 0 Å². The van der Waals surface area contributed by atoms with Gasteiger partial charge in [-0.05, 0) is 56.6 Å². The van der Waals surface area contributed by atoms with Crippen LogP contribution in [0, 0.1) is 11.3 Å². The standard InChI is InChI=1S/C47H28N4S/c48-29-34-17-11-23-40-43(34)52-41-24-10-9-21-38(41)47(40)37-20-8-7-18-36(37)42-35(19-12-22-39(42)47)30-25-27-33(28-26-30)46-50-44(31-13-3-1-4-14-31)49-45(51-46)32-15-5-2-6-16-32/h1-28H. The maximum Gasteiger partial charge on any atom is 0.164 e. The summed E-state index contributed by atoms with van der Waals surface area (Å²) in [5.41, 5.74) is 12.5. The van der Waals surface area contributed by atoms with Gasteiger partial charge in [-0.15, -0.1) is 0 Å². The van der Waals surface area contributed by atoms with Crippen LogP contribution in [0.5, 0.6) is 0 Å². The fourth-order valence-corrected chi connectivity index (χ4v) is 9.29. The molecule has 7 aromatic carbocycles. The summed E-state index contributed by atoms with van der Waals surface area (Å²) in [6.45, 7) is 0. The van der Waals surface area contributed by atoms with Crippen LogP contribution in [-0.2, 0) is 5.41 Å². The van der Waals surface area contributed by atoms with Gasteiger partial charge in [-0.1, -0.05) is 169 Å². The maximum absolute atomic E-state index is 10.2. The zero-order valence-electron chi connectivity index (χ0n) is 27.9. The van der Waals surface area contributed by atoms with Gasteiger partial charge < -0.3 is 0 Å². The molecule has 52 heavy (non-hydrogen) atoms. The Kier molecular flexibility index (Phi) is 6.99. The third kappa shape index (κ3) is 4.52. The van der Waals surface area contributed by atoms with Gasteiger partial charge in [-0.3, -0.25) is 0 Å². The third-order valence-electron chi connectivity index (χ3n) is 10.3. The Balaban J connectivity index is 1.15. The smallest absolute Gasteiger partial charge is 0.164 e. The van der Waals surface area contributed by atoms with E-state index < -0.39 is 5.41 Å². The van der Waals surface area contributed by atoms with Gasteiger partial charge in [0.15, 0.2) is 17.5 Å². The summed E-state index contributed by atoms with van der Waals surface area (Å²) in [5.74, 6) is 1.91. The van der Waals surface area contributed by atoms with E-state index in [0.29, 0.717) is 23.0 Å². The maximum atomic E-state index is 10.2. The first-order valence-corrected chi connectivity index (χ1v) is 18.1. The summed E-state index contributed by atoms with van der Waals surface area (Å²) in [6.07, 6.45) is 0. The number of nitrogens with zero attached hydrogens (tertiary/aromatic N) is 4. The fraction of sp³-hybridized carbons (Fsp3) is 0.0213. The topological polar surface area (TPSA) is 62.5 Å². The van der Waals surface area contributed by atoms with Crippen molar-refractivity contribution >= 4 is 11.8 Å². The monoisotopic (exact) mass is 680 g/mol. The van der Waals surface area contributed by atoms with E-state index in [1.807, 2.05) is 72.8 Å². The molecule has 242 valence electrons. The van der Waals surface area contributed by atoms with Gasteiger partial charge in [-0.25, -0.2) is 15.0 Å². The van der Waals surface area contributed by atoms with Crippen LogP contribution in [-0.4, -0.2) is 15.0 Å². The molecule has 0 bridgehead atoms. The average Bonchev–Trinajstić information content (AvgIpc) is 3.52. The molecular weight excluding hydrogens is 653 g/mol. The van der Waals surface area contributed by atoms with Crippen molar-refractivity contribution in [3.05, 3.63) is 198 Å². The van der Waals surface area contributed by atoms with E-state index in [1.54, 1.807) is 11.8 Å². The van der Waals surface area contributed by atoms with E-state index in [4.69, 9.17) is 15.0 Å². The number of hydrogen-bond acceptors (Lipinski definition) is 5. The molecule has 1 unspecified atom stereocenters. The molecular formula is C47H28N4S. The van der Waals surface area contributed by atoms with Gasteiger partial charge >= 0.3 is 0 Å². The average molecular weight is 681 g/mol. The minimum Gasteiger partial charge on any atom is -0.208 e. The number of rotatable bonds is 4. The molecule has 0 radical (unpaired) electrons. The van der Waals surface area contributed by atoms with Gasteiger partial charge in [-0.2, -0.15) is 5.26 Å². The fourth-order valence-electron chi connectivity index (χ4n) is 8.04. The van der Waals surface area contributed by atoms with E-state index in [1.165, 1.54) is 32.7 Å². The molecule has 2 aliphatic rings. The first kappa shape index (κ1) is 30.2. The quantitative estimate of drug-likeness (QED) is 0.185. The molecule has 0 saturated carbocycles. The van der Waals surface area contributed by atoms with Crippen LogP contribution in [0.25, 0.3) is 56.4 Å². The second-order valence-electron chi connectivity index (χ2n) is 13.0. The van der Waals surface area contributed by atoms with Crippen molar-refractivity contribution in [2.75, 3.05) is 0 Å². The summed E-state index contributed by atoms with van der Waals surface area (Å²) in [7, 11) is 0. The number of fused-ring (bicyclic) bond motifs is 9. The van der Waals surface area contributed by atoms with E-state index in [9.17, 15) is 5.26 Å². The Morgan fingerprint density at radius 1 is 0.423 bits per heavy atom. The van der Waals surface area contributed by atoms with Crippen LogP contribution in [0.15, 0.2) is 180 Å². The Morgan fingerprint density at radius 3 is 1.60 bits per heavy atom. The molecule has 4 nitrogen and oxygen atoms in total. The summed E-state index contributed by atoms with van der Waals surface area (Å²) in [6, 6.07) is 61.5. The molecule has 0 fully saturated rings. The van der Waals surface area contributed by atoms with Crippen molar-refractivity contribution in [3.8, 4) is 62.5 Å². The van der Waals surface area contributed by atoms with Crippen LogP contribution >= 0.6 is 11.8 Å². The minimum absolute atomic E-state index is 0.557. The van der Waals surface area contributed by atoms with Crippen LogP contribution in [0.2, 0.25) is 0 Å². The molecule has 2 heterocycles. The normalized spacial score (nSPS) is 14.9. The predicted molar refractivity (Wildman–Crippen MR) is 208 cm³/mol. The second kappa shape index (κ2) is 12.0. The molecule has 1 aromatic heterocycles. The highest BCUT2D eigenvalue weighted by Crippen LogP contribution is 2.63. The Bertz CT molecular complexity index is 2660. The molecule has 1 aliphatic carbocycles. The molecule has 0 N–H and O–H groups in total. The van der Waals surface area contributed by atoms with Crippen molar-refractivity contribution in [2.45, 2.75) is 15.2 Å².